The van der Waals surface area contributed by atoms with Crippen molar-refractivity contribution in [2.45, 2.75) is 18.9 Å². The summed E-state index contributed by atoms with van der Waals surface area (Å²) in [5, 5.41) is 6.97. The van der Waals surface area contributed by atoms with Gasteiger partial charge in [-0.3, -0.25) is 14.5 Å². The van der Waals surface area contributed by atoms with Crippen molar-refractivity contribution in [1.29, 1.82) is 0 Å². The van der Waals surface area contributed by atoms with Crippen LogP contribution in [0.5, 0.6) is 0 Å². The molecule has 27 heavy (non-hydrogen) atoms. The number of carbonyl (C=O) groups excluding carboxylic acids is 2. The van der Waals surface area contributed by atoms with E-state index in [0.29, 0.717) is 23.9 Å². The second kappa shape index (κ2) is 6.81. The summed E-state index contributed by atoms with van der Waals surface area (Å²) in [4.78, 5) is 28.6. The van der Waals surface area contributed by atoms with Crippen LogP contribution in [0.1, 0.15) is 39.3 Å². The molecule has 0 radical (unpaired) electrons. The van der Waals surface area contributed by atoms with Crippen molar-refractivity contribution in [2.24, 2.45) is 5.92 Å². The Labute approximate surface area is 158 Å². The summed E-state index contributed by atoms with van der Waals surface area (Å²) in [6.07, 6.45) is 0. The molecule has 0 saturated carbocycles. The smallest absolute Gasteiger partial charge is 0.273 e. The van der Waals surface area contributed by atoms with E-state index in [-0.39, 0.29) is 23.8 Å². The number of fused-ring (bicyclic) bond motifs is 3. The van der Waals surface area contributed by atoms with Gasteiger partial charge < -0.3 is 14.7 Å². The molecule has 2 amide bonds. The second-order valence-corrected chi connectivity index (χ2v) is 7.66. The normalized spacial score (nSPS) is 23.7. The van der Waals surface area contributed by atoms with E-state index in [9.17, 15) is 9.59 Å². The van der Waals surface area contributed by atoms with Crippen molar-refractivity contribution in [3.05, 3.63) is 52.9 Å². The molecule has 2 aromatic rings. The van der Waals surface area contributed by atoms with Gasteiger partial charge in [-0.2, -0.15) is 0 Å². The summed E-state index contributed by atoms with van der Waals surface area (Å²) in [6, 6.07) is 9.82. The van der Waals surface area contributed by atoms with Crippen LogP contribution < -0.4 is 5.32 Å². The van der Waals surface area contributed by atoms with E-state index in [4.69, 9.17) is 4.52 Å². The lowest BCUT2D eigenvalue weighted by Crippen LogP contribution is -2.37. The van der Waals surface area contributed by atoms with Gasteiger partial charge in [0, 0.05) is 45.1 Å². The van der Waals surface area contributed by atoms with Crippen LogP contribution >= 0.6 is 0 Å². The molecule has 1 aliphatic heterocycles. The fourth-order valence-electron chi connectivity index (χ4n) is 4.28. The lowest BCUT2D eigenvalue weighted by Gasteiger charge is -2.23. The number of likely N-dealkylation sites (N-methyl/N-ethyl adjacent to an activating group) is 1. The maximum Gasteiger partial charge on any atom is 0.273 e. The highest BCUT2D eigenvalue weighted by atomic mass is 16.5. The number of aryl methyl sites for hydroxylation is 1. The van der Waals surface area contributed by atoms with Crippen LogP contribution in [-0.2, 0) is 4.79 Å². The molecule has 0 bridgehead atoms. The Hall–Kier alpha value is -2.67. The fraction of sp³-hybridized carbons (Fsp3) is 0.450. The monoisotopic (exact) mass is 368 g/mol. The number of likely N-dealkylation sites (tertiary alicyclic amines) is 1. The van der Waals surface area contributed by atoms with Crippen LogP contribution in [-0.4, -0.2) is 60.5 Å². The molecule has 0 unspecified atom stereocenters. The minimum absolute atomic E-state index is 0.0878. The van der Waals surface area contributed by atoms with Crippen molar-refractivity contribution in [1.82, 2.24) is 20.3 Å². The summed E-state index contributed by atoms with van der Waals surface area (Å²) < 4.78 is 5.03. The van der Waals surface area contributed by atoms with Gasteiger partial charge in [0.1, 0.15) is 5.76 Å². The second-order valence-electron chi connectivity index (χ2n) is 7.66. The molecule has 1 aromatic carbocycles. The van der Waals surface area contributed by atoms with Crippen molar-refractivity contribution >= 4 is 11.8 Å². The first-order valence-corrected chi connectivity index (χ1v) is 9.19. The number of hydrogen-bond donors (Lipinski definition) is 1. The molecule has 1 N–H and O–H groups in total. The molecule has 0 spiro atoms. The lowest BCUT2D eigenvalue weighted by molar-refractivity contribution is -0.129. The third-order valence-electron chi connectivity index (χ3n) is 5.60. The Morgan fingerprint density at radius 1 is 1.26 bits per heavy atom. The Morgan fingerprint density at radius 2 is 2.00 bits per heavy atom. The number of aromatic nitrogens is 1. The molecular weight excluding hydrogens is 344 g/mol. The molecule has 2 aliphatic rings. The summed E-state index contributed by atoms with van der Waals surface area (Å²) >= 11 is 0. The number of benzene rings is 1. The molecular formula is C20H24N4O3. The minimum atomic E-state index is -0.227. The van der Waals surface area contributed by atoms with Crippen molar-refractivity contribution in [2.75, 3.05) is 33.7 Å². The van der Waals surface area contributed by atoms with Gasteiger partial charge in [0.2, 0.25) is 5.91 Å². The van der Waals surface area contributed by atoms with Crippen molar-refractivity contribution in [3.8, 4) is 0 Å². The third-order valence-corrected chi connectivity index (χ3v) is 5.60. The number of amides is 2. The van der Waals surface area contributed by atoms with Gasteiger partial charge in [-0.15, -0.1) is 0 Å². The minimum Gasteiger partial charge on any atom is -0.361 e. The SMILES string of the molecule is Cc1cc(C(=O)N[C@@H]2c3ccccc3[C@@H]3CN(CC(=O)N(C)C)C[C@H]23)no1. The van der Waals surface area contributed by atoms with E-state index in [2.05, 4.69) is 27.5 Å². The van der Waals surface area contributed by atoms with Crippen LogP contribution in [0, 0.1) is 12.8 Å². The van der Waals surface area contributed by atoms with Crippen LogP contribution in [0.15, 0.2) is 34.9 Å². The molecule has 1 fully saturated rings. The molecule has 2 heterocycles. The van der Waals surface area contributed by atoms with E-state index in [1.54, 1.807) is 32.0 Å². The average Bonchev–Trinajstić information content (AvgIpc) is 3.31. The molecule has 4 rings (SSSR count). The number of hydrogen-bond acceptors (Lipinski definition) is 5. The van der Waals surface area contributed by atoms with Crippen LogP contribution in [0.3, 0.4) is 0 Å². The van der Waals surface area contributed by atoms with E-state index in [0.717, 1.165) is 13.1 Å². The Balaban J connectivity index is 1.56. The first-order chi connectivity index (χ1) is 12.9. The molecule has 7 nitrogen and oxygen atoms in total. The largest absolute Gasteiger partial charge is 0.361 e. The first kappa shape index (κ1) is 17.7. The number of nitrogens with zero attached hydrogens (tertiary/aromatic N) is 3. The summed E-state index contributed by atoms with van der Waals surface area (Å²) in [7, 11) is 3.55. The van der Waals surface area contributed by atoms with Gasteiger partial charge in [-0.25, -0.2) is 0 Å². The number of carbonyl (C=O) groups is 2. The Morgan fingerprint density at radius 3 is 2.67 bits per heavy atom. The molecule has 3 atom stereocenters. The Kier molecular flexibility index (Phi) is 4.47. The predicted molar refractivity (Wildman–Crippen MR) is 99.3 cm³/mol. The maximum atomic E-state index is 12.7. The van der Waals surface area contributed by atoms with Gasteiger partial charge in [-0.05, 0) is 18.1 Å². The topological polar surface area (TPSA) is 78.7 Å². The molecule has 1 saturated heterocycles. The molecule has 7 heteroatoms. The van der Waals surface area contributed by atoms with Gasteiger partial charge in [-0.1, -0.05) is 29.4 Å². The molecule has 142 valence electrons. The standard InChI is InChI=1S/C20H24N4O3/c1-12-8-17(22-27-12)20(26)21-19-14-7-5-4-6-13(14)15-9-24(10-16(15)19)11-18(25)23(2)3/h4-8,15-16,19H,9-11H2,1-3H3,(H,21,26)/t15-,16-,19+/m0/s1. The van der Waals surface area contributed by atoms with E-state index < -0.39 is 0 Å². The zero-order valence-corrected chi connectivity index (χ0v) is 15.8. The predicted octanol–water partition coefficient (Wildman–Crippen LogP) is 1.57. The van der Waals surface area contributed by atoms with E-state index >= 15 is 0 Å². The van der Waals surface area contributed by atoms with Gasteiger partial charge >= 0.3 is 0 Å². The van der Waals surface area contributed by atoms with Gasteiger partial charge in [0.25, 0.3) is 5.91 Å². The molecule has 1 aliphatic carbocycles. The number of nitrogens with one attached hydrogen (secondary N) is 1. The highest BCUT2D eigenvalue weighted by molar-refractivity contribution is 5.92. The van der Waals surface area contributed by atoms with Crippen LogP contribution in [0.2, 0.25) is 0 Å². The number of rotatable bonds is 4. The van der Waals surface area contributed by atoms with Crippen LogP contribution in [0.4, 0.5) is 0 Å². The summed E-state index contributed by atoms with van der Waals surface area (Å²) in [5.41, 5.74) is 2.73. The zero-order chi connectivity index (χ0) is 19.1. The van der Waals surface area contributed by atoms with Gasteiger partial charge in [0.15, 0.2) is 5.69 Å². The van der Waals surface area contributed by atoms with Crippen molar-refractivity contribution < 1.29 is 14.1 Å². The third kappa shape index (κ3) is 3.23. The average molecular weight is 368 g/mol. The highest BCUT2D eigenvalue weighted by Gasteiger charge is 2.47. The molecule has 1 aromatic heterocycles. The van der Waals surface area contributed by atoms with Crippen LogP contribution in [0.25, 0.3) is 0 Å². The fourth-order valence-corrected chi connectivity index (χ4v) is 4.28. The zero-order valence-electron chi connectivity index (χ0n) is 15.8. The highest BCUT2D eigenvalue weighted by Crippen LogP contribution is 2.49. The summed E-state index contributed by atoms with van der Waals surface area (Å²) in [6.45, 7) is 3.78. The quantitative estimate of drug-likeness (QED) is 0.886. The van der Waals surface area contributed by atoms with Gasteiger partial charge in [0.05, 0.1) is 12.6 Å². The maximum absolute atomic E-state index is 12.7. The van der Waals surface area contributed by atoms with Crippen molar-refractivity contribution in [3.63, 3.8) is 0 Å². The lowest BCUT2D eigenvalue weighted by atomic mass is 9.94. The first-order valence-electron chi connectivity index (χ1n) is 9.19. The van der Waals surface area contributed by atoms with E-state index in [1.165, 1.54) is 11.1 Å². The van der Waals surface area contributed by atoms with E-state index in [1.807, 2.05) is 12.1 Å². The summed E-state index contributed by atoms with van der Waals surface area (Å²) in [5.74, 6) is 1.05. The Bertz CT molecular complexity index is 876.